The van der Waals surface area contributed by atoms with Crippen molar-refractivity contribution >= 4 is 33.4 Å². The van der Waals surface area contributed by atoms with Gasteiger partial charge in [0, 0.05) is 40.4 Å². The molecule has 0 aliphatic rings. The average Bonchev–Trinajstić information content (AvgIpc) is 2.75. The minimum Gasteiger partial charge on any atom is -0.348 e. The van der Waals surface area contributed by atoms with Crippen molar-refractivity contribution in [1.82, 2.24) is 15.1 Å². The number of carbonyl (C=O) groups excluding carboxylic acids is 1. The first-order chi connectivity index (χ1) is 9.49. The van der Waals surface area contributed by atoms with Crippen LogP contribution in [-0.2, 0) is 20.0 Å². The highest BCUT2D eigenvalue weighted by Gasteiger charge is 2.10. The van der Waals surface area contributed by atoms with Crippen molar-refractivity contribution in [3.05, 3.63) is 50.7 Å². The molecule has 20 heavy (non-hydrogen) atoms. The number of nitrogens with zero attached hydrogens (tertiary/aromatic N) is 2. The van der Waals surface area contributed by atoms with Crippen molar-refractivity contribution in [2.75, 3.05) is 0 Å². The first kappa shape index (κ1) is 15.1. The summed E-state index contributed by atoms with van der Waals surface area (Å²) in [5, 5.41) is 7.76. The second kappa shape index (κ2) is 6.41. The molecule has 0 aliphatic carbocycles. The smallest absolute Gasteiger partial charge is 0.251 e. The fraction of sp³-hybridized carbons (Fsp3) is 0.286. The zero-order valence-corrected chi connectivity index (χ0v) is 13.6. The van der Waals surface area contributed by atoms with Gasteiger partial charge in [0.2, 0.25) is 0 Å². The van der Waals surface area contributed by atoms with E-state index in [0.29, 0.717) is 17.1 Å². The van der Waals surface area contributed by atoms with E-state index in [-0.39, 0.29) is 5.91 Å². The number of carbonyl (C=O) groups is 1. The molecule has 4 nitrogen and oxygen atoms in total. The summed E-state index contributed by atoms with van der Waals surface area (Å²) in [5.74, 6) is -0.154. The lowest BCUT2D eigenvalue weighted by atomic mass is 10.2. The number of hydrogen-bond acceptors (Lipinski definition) is 2. The van der Waals surface area contributed by atoms with Gasteiger partial charge in [0.1, 0.15) is 0 Å². The van der Waals surface area contributed by atoms with Crippen molar-refractivity contribution in [2.24, 2.45) is 7.05 Å². The Labute approximate surface area is 131 Å². The lowest BCUT2D eigenvalue weighted by Gasteiger charge is -2.06. The van der Waals surface area contributed by atoms with Crippen molar-refractivity contribution in [1.29, 1.82) is 0 Å². The minimum atomic E-state index is -0.154. The molecular formula is C14H15BrClN3O. The predicted molar refractivity (Wildman–Crippen MR) is 82.9 cm³/mol. The molecule has 1 aromatic carbocycles. The molecule has 6 heteroatoms. The van der Waals surface area contributed by atoms with Gasteiger partial charge >= 0.3 is 0 Å². The minimum absolute atomic E-state index is 0.154. The maximum absolute atomic E-state index is 12.1. The first-order valence-corrected chi connectivity index (χ1v) is 7.42. The van der Waals surface area contributed by atoms with Crippen LogP contribution < -0.4 is 5.32 Å². The van der Waals surface area contributed by atoms with Gasteiger partial charge in [0.15, 0.2) is 0 Å². The number of benzene rings is 1. The third-order valence-electron chi connectivity index (χ3n) is 2.89. The summed E-state index contributed by atoms with van der Waals surface area (Å²) in [7, 11) is 1.87. The molecule has 0 radical (unpaired) electrons. The molecule has 2 rings (SSSR count). The molecule has 0 saturated heterocycles. The Morgan fingerprint density at radius 2 is 2.20 bits per heavy atom. The Kier molecular flexibility index (Phi) is 4.83. The zero-order valence-electron chi connectivity index (χ0n) is 11.3. The van der Waals surface area contributed by atoms with Crippen LogP contribution in [0.25, 0.3) is 0 Å². The molecule has 0 spiro atoms. The van der Waals surface area contributed by atoms with Gasteiger partial charge < -0.3 is 5.32 Å². The number of aryl methyl sites for hydroxylation is 2. The largest absolute Gasteiger partial charge is 0.348 e. The van der Waals surface area contributed by atoms with Gasteiger partial charge in [-0.2, -0.15) is 5.10 Å². The van der Waals surface area contributed by atoms with Crippen molar-refractivity contribution in [2.45, 2.75) is 19.9 Å². The van der Waals surface area contributed by atoms with E-state index in [1.54, 1.807) is 22.9 Å². The van der Waals surface area contributed by atoms with Crippen LogP contribution in [0.4, 0.5) is 0 Å². The fourth-order valence-electron chi connectivity index (χ4n) is 1.99. The van der Waals surface area contributed by atoms with Gasteiger partial charge in [-0.05, 0) is 24.6 Å². The Morgan fingerprint density at radius 3 is 2.85 bits per heavy atom. The van der Waals surface area contributed by atoms with Gasteiger partial charge in [0.05, 0.1) is 5.69 Å². The predicted octanol–water partition coefficient (Wildman–Crippen LogP) is 3.33. The molecular weight excluding hydrogens is 342 g/mol. The lowest BCUT2D eigenvalue weighted by molar-refractivity contribution is 0.0951. The third-order valence-corrected chi connectivity index (χ3v) is 3.57. The van der Waals surface area contributed by atoms with Crippen LogP contribution >= 0.6 is 27.5 Å². The second-order valence-corrected chi connectivity index (χ2v) is 5.82. The Bertz CT molecular complexity index is 619. The van der Waals surface area contributed by atoms with Crippen molar-refractivity contribution in [3.8, 4) is 0 Å². The molecule has 2 aromatic rings. The number of rotatable bonds is 4. The Morgan fingerprint density at radius 1 is 1.45 bits per heavy atom. The van der Waals surface area contributed by atoms with Crippen LogP contribution in [0, 0.1) is 0 Å². The second-order valence-electron chi connectivity index (χ2n) is 4.47. The van der Waals surface area contributed by atoms with Gasteiger partial charge in [-0.3, -0.25) is 9.48 Å². The van der Waals surface area contributed by atoms with Crippen LogP contribution in [0.5, 0.6) is 0 Å². The number of nitrogens with one attached hydrogen (secondary N) is 1. The van der Waals surface area contributed by atoms with E-state index in [1.807, 2.05) is 20.2 Å². The SMILES string of the molecule is CCc1nn(C)cc1CNC(=O)c1cc(Cl)cc(Br)c1. The number of hydrogen-bond donors (Lipinski definition) is 1. The summed E-state index contributed by atoms with van der Waals surface area (Å²) in [6.45, 7) is 2.50. The summed E-state index contributed by atoms with van der Waals surface area (Å²) in [5.41, 5.74) is 2.57. The molecule has 0 bridgehead atoms. The summed E-state index contributed by atoms with van der Waals surface area (Å²) in [6, 6.07) is 5.13. The molecule has 0 unspecified atom stereocenters. The lowest BCUT2D eigenvalue weighted by Crippen LogP contribution is -2.23. The molecule has 1 amide bonds. The number of halogens is 2. The Balaban J connectivity index is 2.08. The van der Waals surface area contributed by atoms with Gasteiger partial charge in [0.25, 0.3) is 5.91 Å². The van der Waals surface area contributed by atoms with Gasteiger partial charge in [-0.25, -0.2) is 0 Å². The highest BCUT2D eigenvalue weighted by Crippen LogP contribution is 2.19. The molecule has 106 valence electrons. The zero-order chi connectivity index (χ0) is 14.7. The monoisotopic (exact) mass is 355 g/mol. The molecule has 0 saturated carbocycles. The van der Waals surface area contributed by atoms with E-state index in [0.717, 1.165) is 22.2 Å². The van der Waals surface area contributed by atoms with E-state index in [1.165, 1.54) is 0 Å². The first-order valence-electron chi connectivity index (χ1n) is 6.25. The highest BCUT2D eigenvalue weighted by molar-refractivity contribution is 9.10. The maximum atomic E-state index is 12.1. The summed E-state index contributed by atoms with van der Waals surface area (Å²) in [4.78, 5) is 12.1. The molecule has 1 aromatic heterocycles. The van der Waals surface area contributed by atoms with Gasteiger partial charge in [-0.15, -0.1) is 0 Å². The third kappa shape index (κ3) is 3.61. The Hall–Kier alpha value is -1.33. The van der Waals surface area contributed by atoms with E-state index < -0.39 is 0 Å². The van der Waals surface area contributed by atoms with Crippen LogP contribution in [0.1, 0.15) is 28.5 Å². The molecule has 1 heterocycles. The van der Waals surface area contributed by atoms with Gasteiger partial charge in [-0.1, -0.05) is 34.5 Å². The van der Waals surface area contributed by atoms with Crippen molar-refractivity contribution in [3.63, 3.8) is 0 Å². The maximum Gasteiger partial charge on any atom is 0.251 e. The van der Waals surface area contributed by atoms with Crippen LogP contribution in [0.2, 0.25) is 5.02 Å². The molecule has 0 aliphatic heterocycles. The highest BCUT2D eigenvalue weighted by atomic mass is 79.9. The fourth-order valence-corrected chi connectivity index (χ4v) is 2.85. The summed E-state index contributed by atoms with van der Waals surface area (Å²) in [6.07, 6.45) is 2.77. The summed E-state index contributed by atoms with van der Waals surface area (Å²) < 4.78 is 2.54. The number of aromatic nitrogens is 2. The molecule has 1 N–H and O–H groups in total. The molecule has 0 atom stereocenters. The van der Waals surface area contributed by atoms with E-state index >= 15 is 0 Å². The van der Waals surface area contributed by atoms with Crippen LogP contribution in [-0.4, -0.2) is 15.7 Å². The standard InChI is InChI=1S/C14H15BrClN3O/c1-3-13-10(8-19(2)18-13)7-17-14(20)9-4-11(15)6-12(16)5-9/h4-6,8H,3,7H2,1-2H3,(H,17,20). The van der Waals surface area contributed by atoms with Crippen molar-refractivity contribution < 1.29 is 4.79 Å². The summed E-state index contributed by atoms with van der Waals surface area (Å²) >= 11 is 9.26. The van der Waals surface area contributed by atoms with Crippen LogP contribution in [0.3, 0.4) is 0 Å². The topological polar surface area (TPSA) is 46.9 Å². The van der Waals surface area contributed by atoms with E-state index in [2.05, 4.69) is 26.3 Å². The molecule has 0 fully saturated rings. The normalized spacial score (nSPS) is 10.6. The average molecular weight is 357 g/mol. The quantitative estimate of drug-likeness (QED) is 0.913. The van der Waals surface area contributed by atoms with E-state index in [4.69, 9.17) is 11.6 Å². The van der Waals surface area contributed by atoms with Crippen LogP contribution in [0.15, 0.2) is 28.9 Å². The van der Waals surface area contributed by atoms with E-state index in [9.17, 15) is 4.79 Å². The number of amides is 1.